The average Bonchev–Trinajstić information content (AvgIpc) is 2.42. The van der Waals surface area contributed by atoms with E-state index in [-0.39, 0.29) is 11.9 Å². The third kappa shape index (κ3) is 5.36. The first kappa shape index (κ1) is 15.4. The second-order valence-corrected chi connectivity index (χ2v) is 5.37. The van der Waals surface area contributed by atoms with Crippen molar-refractivity contribution in [1.82, 2.24) is 10.2 Å². The molecule has 106 valence electrons. The van der Waals surface area contributed by atoms with Gasteiger partial charge in [-0.1, -0.05) is 26.7 Å². The summed E-state index contributed by atoms with van der Waals surface area (Å²) in [5, 5.41) is 3.01. The molecule has 1 rings (SSSR count). The quantitative estimate of drug-likeness (QED) is 0.722. The SMILES string of the molecule is CCCCC(N)C(=O)NCC1CCN(CC)CC1. The van der Waals surface area contributed by atoms with Crippen molar-refractivity contribution in [1.29, 1.82) is 0 Å². The summed E-state index contributed by atoms with van der Waals surface area (Å²) in [6, 6.07) is -0.319. The maximum Gasteiger partial charge on any atom is 0.236 e. The minimum atomic E-state index is -0.319. The van der Waals surface area contributed by atoms with Gasteiger partial charge >= 0.3 is 0 Å². The van der Waals surface area contributed by atoms with Gasteiger partial charge in [0, 0.05) is 6.54 Å². The van der Waals surface area contributed by atoms with Crippen LogP contribution in [0.1, 0.15) is 46.0 Å². The number of nitrogens with zero attached hydrogens (tertiary/aromatic N) is 1. The summed E-state index contributed by atoms with van der Waals surface area (Å²) in [5.74, 6) is 0.663. The van der Waals surface area contributed by atoms with Gasteiger partial charge < -0.3 is 16.0 Å². The summed E-state index contributed by atoms with van der Waals surface area (Å²) in [6.45, 7) is 8.59. The van der Waals surface area contributed by atoms with Crippen LogP contribution in [0.4, 0.5) is 0 Å². The van der Waals surface area contributed by atoms with Crippen LogP contribution < -0.4 is 11.1 Å². The molecular formula is C14H29N3O. The summed E-state index contributed by atoms with van der Waals surface area (Å²) < 4.78 is 0. The molecule has 0 aliphatic carbocycles. The van der Waals surface area contributed by atoms with Crippen LogP contribution in [-0.4, -0.2) is 43.0 Å². The average molecular weight is 255 g/mol. The van der Waals surface area contributed by atoms with E-state index < -0.39 is 0 Å². The lowest BCUT2D eigenvalue weighted by Gasteiger charge is -2.31. The smallest absolute Gasteiger partial charge is 0.236 e. The number of nitrogens with two attached hydrogens (primary N) is 1. The molecule has 3 N–H and O–H groups in total. The van der Waals surface area contributed by atoms with Gasteiger partial charge in [0.05, 0.1) is 6.04 Å². The third-order valence-corrected chi connectivity index (χ3v) is 3.92. The Kier molecular flexibility index (Phi) is 7.28. The molecule has 0 aromatic carbocycles. The van der Waals surface area contributed by atoms with Crippen molar-refractivity contribution in [3.8, 4) is 0 Å². The van der Waals surface area contributed by atoms with E-state index in [1.807, 2.05) is 0 Å². The monoisotopic (exact) mass is 255 g/mol. The Morgan fingerprint density at radius 3 is 2.61 bits per heavy atom. The number of carbonyl (C=O) groups is 1. The lowest BCUT2D eigenvalue weighted by Crippen LogP contribution is -2.44. The highest BCUT2D eigenvalue weighted by Gasteiger charge is 2.19. The Morgan fingerprint density at radius 2 is 2.06 bits per heavy atom. The normalized spacial score (nSPS) is 19.7. The zero-order chi connectivity index (χ0) is 13.4. The number of hydrogen-bond acceptors (Lipinski definition) is 3. The lowest BCUT2D eigenvalue weighted by molar-refractivity contribution is -0.122. The van der Waals surface area contributed by atoms with Crippen LogP contribution in [0.2, 0.25) is 0 Å². The molecule has 1 aliphatic heterocycles. The number of nitrogens with one attached hydrogen (secondary N) is 1. The second-order valence-electron chi connectivity index (χ2n) is 5.37. The number of piperidine rings is 1. The van der Waals surface area contributed by atoms with E-state index in [0.717, 1.165) is 32.4 Å². The summed E-state index contributed by atoms with van der Waals surface area (Å²) in [5.41, 5.74) is 5.84. The Balaban J connectivity index is 2.15. The first-order valence-corrected chi connectivity index (χ1v) is 7.43. The number of amides is 1. The van der Waals surface area contributed by atoms with Gasteiger partial charge in [-0.15, -0.1) is 0 Å². The van der Waals surface area contributed by atoms with E-state index in [4.69, 9.17) is 5.73 Å². The maximum absolute atomic E-state index is 11.8. The summed E-state index contributed by atoms with van der Waals surface area (Å²) in [4.78, 5) is 14.2. The topological polar surface area (TPSA) is 58.4 Å². The molecule has 0 aromatic heterocycles. The highest BCUT2D eigenvalue weighted by molar-refractivity contribution is 5.81. The van der Waals surface area contributed by atoms with Gasteiger partial charge in [-0.05, 0) is 44.8 Å². The van der Waals surface area contributed by atoms with Crippen LogP contribution in [0.3, 0.4) is 0 Å². The standard InChI is InChI=1S/C14H29N3O/c1-3-5-6-13(15)14(18)16-11-12-7-9-17(4-2)10-8-12/h12-13H,3-11,15H2,1-2H3,(H,16,18). The molecule has 1 aliphatic rings. The van der Waals surface area contributed by atoms with Crippen LogP contribution in [-0.2, 0) is 4.79 Å². The number of unbranched alkanes of at least 4 members (excludes halogenated alkanes) is 1. The largest absolute Gasteiger partial charge is 0.354 e. The Hall–Kier alpha value is -0.610. The molecule has 0 saturated carbocycles. The van der Waals surface area contributed by atoms with Crippen molar-refractivity contribution in [3.63, 3.8) is 0 Å². The van der Waals surface area contributed by atoms with Gasteiger partial charge in [-0.25, -0.2) is 0 Å². The van der Waals surface area contributed by atoms with E-state index in [0.29, 0.717) is 5.92 Å². The summed E-state index contributed by atoms with van der Waals surface area (Å²) in [6.07, 6.45) is 5.31. The summed E-state index contributed by atoms with van der Waals surface area (Å²) in [7, 11) is 0. The number of hydrogen-bond donors (Lipinski definition) is 2. The van der Waals surface area contributed by atoms with Crippen LogP contribution in [0, 0.1) is 5.92 Å². The van der Waals surface area contributed by atoms with Gasteiger partial charge in [0.25, 0.3) is 0 Å². The van der Waals surface area contributed by atoms with E-state index in [1.54, 1.807) is 0 Å². The third-order valence-electron chi connectivity index (χ3n) is 3.92. The van der Waals surface area contributed by atoms with Crippen molar-refractivity contribution < 1.29 is 4.79 Å². The molecule has 1 amide bonds. The molecule has 0 radical (unpaired) electrons. The predicted molar refractivity (Wildman–Crippen MR) is 75.3 cm³/mol. The van der Waals surface area contributed by atoms with Crippen LogP contribution in [0.5, 0.6) is 0 Å². The highest BCUT2D eigenvalue weighted by atomic mass is 16.2. The molecule has 1 unspecified atom stereocenters. The fourth-order valence-electron chi connectivity index (χ4n) is 2.44. The van der Waals surface area contributed by atoms with E-state index in [1.165, 1.54) is 25.9 Å². The van der Waals surface area contributed by atoms with Crippen molar-refractivity contribution in [3.05, 3.63) is 0 Å². The molecule has 4 heteroatoms. The molecule has 0 aromatic rings. The van der Waals surface area contributed by atoms with Crippen LogP contribution in [0.25, 0.3) is 0 Å². The van der Waals surface area contributed by atoms with Crippen molar-refractivity contribution in [2.24, 2.45) is 11.7 Å². The first-order valence-electron chi connectivity index (χ1n) is 7.43. The molecule has 1 heterocycles. The van der Waals surface area contributed by atoms with E-state index in [9.17, 15) is 4.79 Å². The molecule has 1 saturated heterocycles. The zero-order valence-corrected chi connectivity index (χ0v) is 12.0. The van der Waals surface area contributed by atoms with Gasteiger partial charge in [-0.2, -0.15) is 0 Å². The molecule has 1 fully saturated rings. The van der Waals surface area contributed by atoms with Crippen LogP contribution >= 0.6 is 0 Å². The maximum atomic E-state index is 11.8. The Morgan fingerprint density at radius 1 is 1.39 bits per heavy atom. The van der Waals surface area contributed by atoms with Gasteiger partial charge in [0.15, 0.2) is 0 Å². The second kappa shape index (κ2) is 8.48. The lowest BCUT2D eigenvalue weighted by atomic mass is 9.96. The molecule has 4 nitrogen and oxygen atoms in total. The fourth-order valence-corrected chi connectivity index (χ4v) is 2.44. The zero-order valence-electron chi connectivity index (χ0n) is 12.0. The predicted octanol–water partition coefficient (Wildman–Crippen LogP) is 1.35. The van der Waals surface area contributed by atoms with Gasteiger partial charge in [-0.3, -0.25) is 4.79 Å². The highest BCUT2D eigenvalue weighted by Crippen LogP contribution is 2.15. The minimum Gasteiger partial charge on any atom is -0.354 e. The fraction of sp³-hybridized carbons (Fsp3) is 0.929. The van der Waals surface area contributed by atoms with Crippen LogP contribution in [0.15, 0.2) is 0 Å². The van der Waals surface area contributed by atoms with E-state index >= 15 is 0 Å². The molecular weight excluding hydrogens is 226 g/mol. The van der Waals surface area contributed by atoms with Crippen molar-refractivity contribution >= 4 is 5.91 Å². The molecule has 18 heavy (non-hydrogen) atoms. The Labute approximate surface area is 111 Å². The molecule has 1 atom stereocenters. The molecule has 0 spiro atoms. The Bertz CT molecular complexity index is 237. The molecule has 0 bridgehead atoms. The van der Waals surface area contributed by atoms with E-state index in [2.05, 4.69) is 24.1 Å². The number of carbonyl (C=O) groups excluding carboxylic acids is 1. The van der Waals surface area contributed by atoms with Crippen molar-refractivity contribution in [2.45, 2.75) is 52.0 Å². The minimum absolute atomic E-state index is 0.0290. The van der Waals surface area contributed by atoms with Gasteiger partial charge in [0.2, 0.25) is 5.91 Å². The van der Waals surface area contributed by atoms with Crippen molar-refractivity contribution in [2.75, 3.05) is 26.2 Å². The number of rotatable bonds is 7. The number of likely N-dealkylation sites (tertiary alicyclic amines) is 1. The summed E-state index contributed by atoms with van der Waals surface area (Å²) >= 11 is 0. The van der Waals surface area contributed by atoms with Gasteiger partial charge in [0.1, 0.15) is 0 Å². The first-order chi connectivity index (χ1) is 8.67.